The van der Waals surface area contributed by atoms with Crippen LogP contribution in [0.2, 0.25) is 0 Å². The van der Waals surface area contributed by atoms with Crippen LogP contribution in [0.4, 0.5) is 0 Å². The predicted octanol–water partition coefficient (Wildman–Crippen LogP) is 0.836. The van der Waals surface area contributed by atoms with Crippen LogP contribution in [0, 0.1) is 11.5 Å². The summed E-state index contributed by atoms with van der Waals surface area (Å²) >= 11 is 1.34. The fourth-order valence-electron chi connectivity index (χ4n) is 1.80. The first-order valence-corrected chi connectivity index (χ1v) is 7.77. The minimum Gasteiger partial charge on any atom is -0.391 e. The molecule has 0 fully saturated rings. The van der Waals surface area contributed by atoms with Crippen molar-refractivity contribution in [2.75, 3.05) is 26.9 Å². The third-order valence-electron chi connectivity index (χ3n) is 2.63. The second kappa shape index (κ2) is 9.34. The van der Waals surface area contributed by atoms with E-state index in [1.165, 1.54) is 11.8 Å². The number of rotatable bonds is 6. The van der Waals surface area contributed by atoms with Gasteiger partial charge in [0.25, 0.3) is 0 Å². The molecule has 7 heteroatoms. The predicted molar refractivity (Wildman–Crippen MR) is 85.9 cm³/mol. The van der Waals surface area contributed by atoms with Crippen LogP contribution in [-0.2, 0) is 13.0 Å². The molecule has 1 rings (SSSR count). The summed E-state index contributed by atoms with van der Waals surface area (Å²) in [5.41, 5.74) is 2.01. The average Bonchev–Trinajstić information content (AvgIpc) is 2.43. The molecule has 0 aromatic carbocycles. The molecule has 114 valence electrons. The number of aliphatic hydroxyl groups is 1. The smallest absolute Gasteiger partial charge is 0.183 e. The zero-order valence-corrected chi connectivity index (χ0v) is 13.4. The summed E-state index contributed by atoms with van der Waals surface area (Å²) in [6.07, 6.45) is 5.22. The highest BCUT2D eigenvalue weighted by Crippen LogP contribution is 2.07. The Morgan fingerprint density at radius 3 is 3.00 bits per heavy atom. The Hall–Kier alpha value is -1.62. The third-order valence-corrected chi connectivity index (χ3v) is 3.24. The van der Waals surface area contributed by atoms with E-state index < -0.39 is 6.10 Å². The van der Waals surface area contributed by atoms with Crippen LogP contribution in [0.25, 0.3) is 0 Å². The number of thioether (sulfide) groups is 1. The molecule has 1 aromatic heterocycles. The van der Waals surface area contributed by atoms with Gasteiger partial charge in [-0.05, 0) is 38.0 Å². The molecule has 1 atom stereocenters. The van der Waals surface area contributed by atoms with Crippen LogP contribution < -0.4 is 5.32 Å². The molecule has 0 aliphatic rings. The van der Waals surface area contributed by atoms with Crippen LogP contribution in [0.3, 0.4) is 0 Å². The van der Waals surface area contributed by atoms with Gasteiger partial charge in [-0.3, -0.25) is 15.3 Å². The van der Waals surface area contributed by atoms with Crippen molar-refractivity contribution in [3.63, 3.8) is 0 Å². The van der Waals surface area contributed by atoms with E-state index in [0.717, 1.165) is 17.8 Å². The summed E-state index contributed by atoms with van der Waals surface area (Å²) in [7, 11) is 4.02. The van der Waals surface area contributed by atoms with Crippen molar-refractivity contribution in [2.24, 2.45) is 4.99 Å². The largest absolute Gasteiger partial charge is 0.391 e. The van der Waals surface area contributed by atoms with E-state index in [4.69, 9.17) is 5.26 Å². The topological polar surface area (TPSA) is 84.5 Å². The molecular formula is C14H21N5OS. The van der Waals surface area contributed by atoms with Gasteiger partial charge in [-0.1, -0.05) is 11.8 Å². The van der Waals surface area contributed by atoms with Gasteiger partial charge in [0.1, 0.15) is 0 Å². The van der Waals surface area contributed by atoms with Crippen molar-refractivity contribution < 1.29 is 5.11 Å². The highest BCUT2D eigenvalue weighted by atomic mass is 32.2. The number of amidine groups is 1. The average molecular weight is 307 g/mol. The van der Waals surface area contributed by atoms with Crippen LogP contribution in [0.15, 0.2) is 23.3 Å². The van der Waals surface area contributed by atoms with E-state index >= 15 is 0 Å². The van der Waals surface area contributed by atoms with Crippen LogP contribution in [0.5, 0.6) is 0 Å². The maximum Gasteiger partial charge on any atom is 0.183 e. The van der Waals surface area contributed by atoms with Gasteiger partial charge in [-0.2, -0.15) is 5.26 Å². The number of pyridine rings is 1. The highest BCUT2D eigenvalue weighted by molar-refractivity contribution is 8.13. The summed E-state index contributed by atoms with van der Waals surface area (Å²) < 4.78 is 0. The van der Waals surface area contributed by atoms with E-state index in [1.807, 2.05) is 38.7 Å². The van der Waals surface area contributed by atoms with Gasteiger partial charge in [0, 0.05) is 24.9 Å². The van der Waals surface area contributed by atoms with E-state index in [2.05, 4.69) is 20.2 Å². The number of nitriles is 1. The lowest BCUT2D eigenvalue weighted by molar-refractivity contribution is 0.182. The quantitative estimate of drug-likeness (QED) is 0.351. The van der Waals surface area contributed by atoms with Gasteiger partial charge in [-0.25, -0.2) is 0 Å². The molecule has 2 N–H and O–H groups in total. The summed E-state index contributed by atoms with van der Waals surface area (Å²) in [4.78, 5) is 10.5. The summed E-state index contributed by atoms with van der Waals surface area (Å²) in [5, 5.41) is 21.5. The standard InChI is InChI=1S/C14H21N5OS/c1-19(2)9-11-4-5-16-12(6-11)7-13(20)8-17-14(21-3)18-10-15/h4-6,13,20H,7-9H2,1-3H3,(H,17,18). The number of hydrogen-bond acceptors (Lipinski definition) is 6. The first-order chi connectivity index (χ1) is 10.0. The van der Waals surface area contributed by atoms with Gasteiger partial charge < -0.3 is 10.0 Å². The number of hydrogen-bond donors (Lipinski definition) is 2. The first kappa shape index (κ1) is 17.4. The highest BCUT2D eigenvalue weighted by Gasteiger charge is 2.08. The number of aromatic nitrogens is 1. The maximum atomic E-state index is 10.0. The van der Waals surface area contributed by atoms with Crippen molar-refractivity contribution in [3.05, 3.63) is 29.6 Å². The van der Waals surface area contributed by atoms with Crippen molar-refractivity contribution in [2.45, 2.75) is 19.1 Å². The van der Waals surface area contributed by atoms with Crippen LogP contribution in [-0.4, -0.2) is 53.2 Å². The number of aliphatic hydroxyl groups excluding tert-OH is 1. The molecule has 0 bridgehead atoms. The molecule has 0 aliphatic heterocycles. The third kappa shape index (κ3) is 7.09. The van der Waals surface area contributed by atoms with Gasteiger partial charge in [0.15, 0.2) is 11.4 Å². The summed E-state index contributed by atoms with van der Waals surface area (Å²) in [6, 6.07) is 3.96. The second-order valence-electron chi connectivity index (χ2n) is 4.84. The summed E-state index contributed by atoms with van der Waals surface area (Å²) in [6.45, 7) is 1.08. The lowest BCUT2D eigenvalue weighted by Gasteiger charge is -2.12. The van der Waals surface area contributed by atoms with Crippen molar-refractivity contribution in [1.82, 2.24) is 15.2 Å². The fraction of sp³-hybridized carbons (Fsp3) is 0.500. The Morgan fingerprint density at radius 2 is 2.38 bits per heavy atom. The fourth-order valence-corrected chi connectivity index (χ4v) is 2.15. The molecule has 6 nitrogen and oxygen atoms in total. The van der Waals surface area contributed by atoms with E-state index in [9.17, 15) is 5.11 Å². The van der Waals surface area contributed by atoms with Crippen molar-refractivity contribution in [1.29, 1.82) is 5.26 Å². The number of nitrogens with one attached hydrogen (secondary N) is 1. The van der Waals surface area contributed by atoms with Crippen molar-refractivity contribution >= 4 is 16.9 Å². The SMILES string of the molecule is CSC(=NCC(O)Cc1cc(CN(C)C)ccn1)NC#N. The minimum absolute atomic E-state index is 0.241. The molecule has 0 aliphatic carbocycles. The number of nitrogens with zero attached hydrogens (tertiary/aromatic N) is 4. The van der Waals surface area contributed by atoms with Gasteiger partial charge >= 0.3 is 0 Å². The van der Waals surface area contributed by atoms with Crippen LogP contribution in [0.1, 0.15) is 11.3 Å². The van der Waals surface area contributed by atoms with E-state index in [0.29, 0.717) is 11.6 Å². The molecule has 0 saturated carbocycles. The molecule has 1 heterocycles. The Labute approximate surface area is 129 Å². The zero-order valence-electron chi connectivity index (χ0n) is 12.6. The van der Waals surface area contributed by atoms with Gasteiger partial charge in [0.05, 0.1) is 12.6 Å². The molecular weight excluding hydrogens is 286 g/mol. The molecule has 1 aromatic rings. The molecule has 1 unspecified atom stereocenters. The zero-order chi connectivity index (χ0) is 15.7. The molecule has 0 spiro atoms. The maximum absolute atomic E-state index is 10.0. The molecule has 21 heavy (non-hydrogen) atoms. The lowest BCUT2D eigenvalue weighted by atomic mass is 10.1. The van der Waals surface area contributed by atoms with Crippen LogP contribution >= 0.6 is 11.8 Å². The monoisotopic (exact) mass is 307 g/mol. The second-order valence-corrected chi connectivity index (χ2v) is 5.63. The normalized spacial score (nSPS) is 13.0. The van der Waals surface area contributed by atoms with Gasteiger partial charge in [-0.15, -0.1) is 0 Å². The molecule has 0 radical (unpaired) electrons. The summed E-state index contributed by atoms with van der Waals surface area (Å²) in [5.74, 6) is 0. The number of aliphatic imine (C=N–C) groups is 1. The lowest BCUT2D eigenvalue weighted by Crippen LogP contribution is -2.20. The van der Waals surface area contributed by atoms with E-state index in [-0.39, 0.29) is 6.54 Å². The Morgan fingerprint density at radius 1 is 1.62 bits per heavy atom. The van der Waals surface area contributed by atoms with Gasteiger partial charge in [0.2, 0.25) is 0 Å². The molecule has 0 amide bonds. The Balaban J connectivity index is 2.58. The Bertz CT molecular complexity index is 512. The van der Waals surface area contributed by atoms with E-state index in [1.54, 1.807) is 6.20 Å². The Kier molecular flexibility index (Phi) is 7.75. The minimum atomic E-state index is -0.616. The first-order valence-electron chi connectivity index (χ1n) is 6.55. The van der Waals surface area contributed by atoms with Crippen molar-refractivity contribution in [3.8, 4) is 6.19 Å². The molecule has 0 saturated heterocycles.